The predicted molar refractivity (Wildman–Crippen MR) is 88.2 cm³/mol. The van der Waals surface area contributed by atoms with Gasteiger partial charge in [0.1, 0.15) is 0 Å². The smallest absolute Gasteiger partial charge is 0.252 e. The zero-order valence-corrected chi connectivity index (χ0v) is 14.2. The van der Waals surface area contributed by atoms with Crippen molar-refractivity contribution >= 4 is 33.2 Å². The topological polar surface area (TPSA) is 29.1 Å². The first-order valence-corrected chi connectivity index (χ1v) is 8.26. The lowest BCUT2D eigenvalue weighted by Crippen LogP contribution is -2.31. The van der Waals surface area contributed by atoms with E-state index in [1.807, 2.05) is 36.6 Å². The summed E-state index contributed by atoms with van der Waals surface area (Å²) in [6.45, 7) is 6.20. The number of aryl methyl sites for hydroxylation is 1. The highest BCUT2D eigenvalue weighted by Gasteiger charge is 2.20. The zero-order chi connectivity index (χ0) is 14.7. The number of carbonyl (C=O) groups excluding carboxylic acids is 1. The van der Waals surface area contributed by atoms with E-state index in [1.54, 1.807) is 11.3 Å². The number of rotatable bonds is 4. The molecule has 1 N–H and O–H groups in total. The fourth-order valence-corrected chi connectivity index (χ4v) is 3.40. The van der Waals surface area contributed by atoms with Gasteiger partial charge in [0.25, 0.3) is 5.91 Å². The second-order valence-electron chi connectivity index (χ2n) is 5.17. The standard InChI is InChI=1S/C16H18BrNOS/c1-10(2)15(14-5-4-8-20-14)18-16(19)13-9-12(17)7-6-11(13)3/h4-10,15H,1-3H3,(H,18,19). The van der Waals surface area contributed by atoms with Crippen molar-refractivity contribution in [3.05, 3.63) is 56.2 Å². The van der Waals surface area contributed by atoms with E-state index in [1.165, 1.54) is 4.88 Å². The van der Waals surface area contributed by atoms with Crippen LogP contribution >= 0.6 is 27.3 Å². The molecular weight excluding hydrogens is 334 g/mol. The van der Waals surface area contributed by atoms with Gasteiger partial charge in [-0.15, -0.1) is 11.3 Å². The van der Waals surface area contributed by atoms with Crippen LogP contribution in [0.4, 0.5) is 0 Å². The van der Waals surface area contributed by atoms with E-state index in [0.717, 1.165) is 15.6 Å². The van der Waals surface area contributed by atoms with E-state index in [4.69, 9.17) is 0 Å². The Balaban J connectivity index is 2.23. The Labute approximate surface area is 132 Å². The van der Waals surface area contributed by atoms with Crippen molar-refractivity contribution in [3.63, 3.8) is 0 Å². The molecule has 106 valence electrons. The third-order valence-corrected chi connectivity index (χ3v) is 4.70. The molecule has 0 spiro atoms. The van der Waals surface area contributed by atoms with Crippen LogP contribution in [0.3, 0.4) is 0 Å². The molecule has 1 unspecified atom stereocenters. The maximum atomic E-state index is 12.5. The first kappa shape index (κ1) is 15.3. The van der Waals surface area contributed by atoms with Gasteiger partial charge in [0.2, 0.25) is 0 Å². The SMILES string of the molecule is Cc1ccc(Br)cc1C(=O)NC(c1cccs1)C(C)C. The number of hydrogen-bond acceptors (Lipinski definition) is 2. The summed E-state index contributed by atoms with van der Waals surface area (Å²) in [5.41, 5.74) is 1.71. The minimum atomic E-state index is -0.0177. The van der Waals surface area contributed by atoms with Crippen LogP contribution in [0.1, 0.15) is 40.7 Å². The molecule has 2 aromatic rings. The average molecular weight is 352 g/mol. The van der Waals surface area contributed by atoms with Crippen LogP contribution in [0, 0.1) is 12.8 Å². The highest BCUT2D eigenvalue weighted by atomic mass is 79.9. The number of hydrogen-bond donors (Lipinski definition) is 1. The van der Waals surface area contributed by atoms with E-state index in [9.17, 15) is 4.79 Å². The van der Waals surface area contributed by atoms with Gasteiger partial charge < -0.3 is 5.32 Å². The summed E-state index contributed by atoms with van der Waals surface area (Å²) in [6.07, 6.45) is 0. The van der Waals surface area contributed by atoms with Crippen LogP contribution in [0.5, 0.6) is 0 Å². The Morgan fingerprint density at radius 3 is 2.65 bits per heavy atom. The molecule has 2 rings (SSSR count). The summed E-state index contributed by atoms with van der Waals surface area (Å²) in [7, 11) is 0. The van der Waals surface area contributed by atoms with Gasteiger partial charge in [-0.3, -0.25) is 4.79 Å². The van der Waals surface area contributed by atoms with Gasteiger partial charge in [-0.1, -0.05) is 41.9 Å². The fraction of sp³-hybridized carbons (Fsp3) is 0.312. The Morgan fingerprint density at radius 1 is 1.30 bits per heavy atom. The fourth-order valence-electron chi connectivity index (χ4n) is 2.09. The third kappa shape index (κ3) is 3.49. The summed E-state index contributed by atoms with van der Waals surface area (Å²) in [4.78, 5) is 13.7. The normalized spacial score (nSPS) is 12.4. The molecule has 0 radical (unpaired) electrons. The first-order valence-electron chi connectivity index (χ1n) is 6.59. The molecule has 4 heteroatoms. The van der Waals surface area contributed by atoms with Crippen molar-refractivity contribution in [1.82, 2.24) is 5.32 Å². The lowest BCUT2D eigenvalue weighted by atomic mass is 10.0. The first-order chi connectivity index (χ1) is 9.49. The largest absolute Gasteiger partial charge is 0.344 e. The lowest BCUT2D eigenvalue weighted by molar-refractivity contribution is 0.0926. The molecule has 1 aromatic carbocycles. The Bertz CT molecular complexity index is 593. The number of benzene rings is 1. The monoisotopic (exact) mass is 351 g/mol. The average Bonchev–Trinajstić information content (AvgIpc) is 2.91. The molecule has 2 nitrogen and oxygen atoms in total. The molecule has 0 bridgehead atoms. The molecule has 0 saturated heterocycles. The Hall–Kier alpha value is -1.13. The van der Waals surface area contributed by atoms with Gasteiger partial charge in [0.05, 0.1) is 6.04 Å². The minimum absolute atomic E-state index is 0.0177. The van der Waals surface area contributed by atoms with E-state index in [-0.39, 0.29) is 11.9 Å². The maximum Gasteiger partial charge on any atom is 0.252 e. The molecule has 0 aliphatic rings. The number of amides is 1. The molecule has 0 saturated carbocycles. The van der Waals surface area contributed by atoms with E-state index in [2.05, 4.69) is 41.2 Å². The Morgan fingerprint density at radius 2 is 2.05 bits per heavy atom. The van der Waals surface area contributed by atoms with Crippen molar-refractivity contribution in [2.45, 2.75) is 26.8 Å². The van der Waals surface area contributed by atoms with E-state index < -0.39 is 0 Å². The highest BCUT2D eigenvalue weighted by Crippen LogP contribution is 2.26. The molecule has 1 aromatic heterocycles. The van der Waals surface area contributed by atoms with E-state index >= 15 is 0 Å². The second-order valence-corrected chi connectivity index (χ2v) is 7.06. The molecule has 0 fully saturated rings. The van der Waals surface area contributed by atoms with Gasteiger partial charge in [0.15, 0.2) is 0 Å². The number of halogens is 1. The molecule has 20 heavy (non-hydrogen) atoms. The van der Waals surface area contributed by atoms with Crippen LogP contribution in [0.25, 0.3) is 0 Å². The van der Waals surface area contributed by atoms with Gasteiger partial charge in [-0.25, -0.2) is 0 Å². The lowest BCUT2D eigenvalue weighted by Gasteiger charge is -2.21. The zero-order valence-electron chi connectivity index (χ0n) is 11.8. The van der Waals surface area contributed by atoms with Crippen LogP contribution in [-0.4, -0.2) is 5.91 Å². The van der Waals surface area contributed by atoms with Crippen molar-refractivity contribution in [3.8, 4) is 0 Å². The van der Waals surface area contributed by atoms with Gasteiger partial charge >= 0.3 is 0 Å². The molecule has 1 amide bonds. The van der Waals surface area contributed by atoms with Crippen LogP contribution in [0.15, 0.2) is 40.2 Å². The molecular formula is C16H18BrNOS. The molecule has 0 aliphatic heterocycles. The predicted octanol–water partition coefficient (Wildman–Crippen LogP) is 4.95. The van der Waals surface area contributed by atoms with Crippen molar-refractivity contribution in [2.75, 3.05) is 0 Å². The summed E-state index contributed by atoms with van der Waals surface area (Å²) < 4.78 is 0.922. The van der Waals surface area contributed by atoms with Crippen molar-refractivity contribution < 1.29 is 4.79 Å². The number of nitrogens with one attached hydrogen (secondary N) is 1. The summed E-state index contributed by atoms with van der Waals surface area (Å²) in [5.74, 6) is 0.334. The van der Waals surface area contributed by atoms with Crippen molar-refractivity contribution in [2.24, 2.45) is 5.92 Å². The van der Waals surface area contributed by atoms with Crippen molar-refractivity contribution in [1.29, 1.82) is 0 Å². The quantitative estimate of drug-likeness (QED) is 0.829. The number of carbonyl (C=O) groups is 1. The summed E-state index contributed by atoms with van der Waals surface area (Å²) >= 11 is 5.10. The highest BCUT2D eigenvalue weighted by molar-refractivity contribution is 9.10. The van der Waals surface area contributed by atoms with Gasteiger partial charge in [-0.05, 0) is 42.0 Å². The van der Waals surface area contributed by atoms with Crippen LogP contribution in [-0.2, 0) is 0 Å². The third-order valence-electron chi connectivity index (χ3n) is 3.25. The summed E-state index contributed by atoms with van der Waals surface area (Å²) in [6, 6.07) is 9.92. The minimum Gasteiger partial charge on any atom is -0.344 e. The maximum absolute atomic E-state index is 12.5. The molecule has 1 heterocycles. The van der Waals surface area contributed by atoms with Gasteiger partial charge in [0, 0.05) is 14.9 Å². The van der Waals surface area contributed by atoms with Crippen LogP contribution in [0.2, 0.25) is 0 Å². The molecule has 0 aliphatic carbocycles. The van der Waals surface area contributed by atoms with E-state index in [0.29, 0.717) is 5.92 Å². The second kappa shape index (κ2) is 6.55. The molecule has 1 atom stereocenters. The number of thiophene rings is 1. The van der Waals surface area contributed by atoms with Gasteiger partial charge in [-0.2, -0.15) is 0 Å². The Kier molecular flexibility index (Phi) is 5.00. The summed E-state index contributed by atoms with van der Waals surface area (Å²) in [5, 5.41) is 5.20. The van der Waals surface area contributed by atoms with Crippen LogP contribution < -0.4 is 5.32 Å².